The van der Waals surface area contributed by atoms with Crippen molar-refractivity contribution < 1.29 is 4.79 Å². The third-order valence-corrected chi connectivity index (χ3v) is 1.55. The summed E-state index contributed by atoms with van der Waals surface area (Å²) in [5, 5.41) is 2.78. The number of nitrogens with zero attached hydrogens (tertiary/aromatic N) is 1. The zero-order valence-electron chi connectivity index (χ0n) is 6.13. The average molecular weight is 143 g/mol. The number of amides is 2. The SMILES string of the molecule is CC1CN(CCN)C(=O)N1. The molecule has 0 aromatic carbocycles. The topological polar surface area (TPSA) is 58.4 Å². The van der Waals surface area contributed by atoms with Gasteiger partial charge in [-0.15, -0.1) is 0 Å². The monoisotopic (exact) mass is 143 g/mol. The molecular weight excluding hydrogens is 130 g/mol. The van der Waals surface area contributed by atoms with Crippen molar-refractivity contribution in [1.29, 1.82) is 0 Å². The lowest BCUT2D eigenvalue weighted by Gasteiger charge is -2.11. The summed E-state index contributed by atoms with van der Waals surface area (Å²) in [6.07, 6.45) is 0. The summed E-state index contributed by atoms with van der Waals surface area (Å²) in [6, 6.07) is 0.289. The predicted octanol–water partition coefficient (Wildman–Crippen LogP) is -0.641. The molecule has 1 aliphatic rings. The summed E-state index contributed by atoms with van der Waals surface area (Å²) in [7, 11) is 0. The molecule has 4 heteroatoms. The van der Waals surface area contributed by atoms with E-state index in [0.717, 1.165) is 6.54 Å². The van der Waals surface area contributed by atoms with Crippen molar-refractivity contribution >= 4 is 6.03 Å². The fraction of sp³-hybridized carbons (Fsp3) is 0.833. The Balaban J connectivity index is 2.39. The van der Waals surface area contributed by atoms with Gasteiger partial charge in [0.05, 0.1) is 0 Å². The van der Waals surface area contributed by atoms with E-state index in [2.05, 4.69) is 5.32 Å². The van der Waals surface area contributed by atoms with Gasteiger partial charge in [0.15, 0.2) is 0 Å². The largest absolute Gasteiger partial charge is 0.334 e. The van der Waals surface area contributed by atoms with Gasteiger partial charge in [-0.2, -0.15) is 0 Å². The van der Waals surface area contributed by atoms with Crippen LogP contribution in [0, 0.1) is 0 Å². The number of rotatable bonds is 2. The van der Waals surface area contributed by atoms with Crippen LogP contribution in [0.4, 0.5) is 4.79 Å². The summed E-state index contributed by atoms with van der Waals surface area (Å²) >= 11 is 0. The van der Waals surface area contributed by atoms with Gasteiger partial charge in [-0.1, -0.05) is 0 Å². The van der Waals surface area contributed by atoms with Crippen molar-refractivity contribution in [3.63, 3.8) is 0 Å². The number of carbonyl (C=O) groups is 1. The van der Waals surface area contributed by atoms with Crippen LogP contribution < -0.4 is 11.1 Å². The highest BCUT2D eigenvalue weighted by atomic mass is 16.2. The first kappa shape index (κ1) is 7.34. The Labute approximate surface area is 60.4 Å². The molecule has 1 atom stereocenters. The molecule has 0 aromatic heterocycles. The van der Waals surface area contributed by atoms with Crippen LogP contribution in [0.15, 0.2) is 0 Å². The van der Waals surface area contributed by atoms with E-state index in [9.17, 15) is 4.79 Å². The molecule has 1 aliphatic heterocycles. The molecule has 1 saturated heterocycles. The van der Waals surface area contributed by atoms with E-state index in [-0.39, 0.29) is 12.1 Å². The van der Waals surface area contributed by atoms with Gasteiger partial charge < -0.3 is 16.0 Å². The minimum absolute atomic E-state index is 0.0120. The van der Waals surface area contributed by atoms with Gasteiger partial charge in [0.2, 0.25) is 0 Å². The molecule has 0 bridgehead atoms. The van der Waals surface area contributed by atoms with Crippen LogP contribution in [-0.2, 0) is 0 Å². The molecule has 4 nitrogen and oxygen atoms in total. The van der Waals surface area contributed by atoms with E-state index in [1.54, 1.807) is 4.90 Å². The molecule has 0 aliphatic carbocycles. The normalized spacial score (nSPS) is 25.2. The molecular formula is C6H13N3O. The smallest absolute Gasteiger partial charge is 0.317 e. The van der Waals surface area contributed by atoms with Crippen LogP contribution in [0.2, 0.25) is 0 Å². The maximum atomic E-state index is 10.9. The van der Waals surface area contributed by atoms with Crippen LogP contribution in [0.3, 0.4) is 0 Å². The molecule has 1 rings (SSSR count). The lowest BCUT2D eigenvalue weighted by Crippen LogP contribution is -2.32. The van der Waals surface area contributed by atoms with Crippen molar-refractivity contribution in [3.8, 4) is 0 Å². The van der Waals surface area contributed by atoms with Crippen molar-refractivity contribution in [2.45, 2.75) is 13.0 Å². The van der Waals surface area contributed by atoms with Crippen molar-refractivity contribution in [2.24, 2.45) is 5.73 Å². The highest BCUT2D eigenvalue weighted by Crippen LogP contribution is 2.00. The molecule has 1 fully saturated rings. The van der Waals surface area contributed by atoms with E-state index >= 15 is 0 Å². The molecule has 0 aromatic rings. The van der Waals surface area contributed by atoms with E-state index in [0.29, 0.717) is 13.1 Å². The Hall–Kier alpha value is -0.770. The van der Waals surface area contributed by atoms with E-state index in [1.807, 2.05) is 6.92 Å². The number of carbonyl (C=O) groups excluding carboxylic acids is 1. The van der Waals surface area contributed by atoms with Gasteiger partial charge in [-0.25, -0.2) is 4.79 Å². The van der Waals surface area contributed by atoms with E-state index < -0.39 is 0 Å². The van der Waals surface area contributed by atoms with Crippen LogP contribution in [0.25, 0.3) is 0 Å². The summed E-state index contributed by atoms with van der Waals surface area (Å²) in [5.41, 5.74) is 5.29. The standard InChI is InChI=1S/C6H13N3O/c1-5-4-9(3-2-7)6(10)8-5/h5H,2-4,7H2,1H3,(H,8,10). The first-order chi connectivity index (χ1) is 4.74. The molecule has 0 radical (unpaired) electrons. The Kier molecular flexibility index (Phi) is 2.11. The lowest BCUT2D eigenvalue weighted by molar-refractivity contribution is 0.218. The van der Waals surface area contributed by atoms with Crippen LogP contribution in [0.5, 0.6) is 0 Å². The van der Waals surface area contributed by atoms with Gasteiger partial charge in [0, 0.05) is 25.7 Å². The molecule has 0 spiro atoms. The second kappa shape index (κ2) is 2.88. The quantitative estimate of drug-likeness (QED) is 0.540. The first-order valence-corrected chi connectivity index (χ1v) is 3.49. The summed E-state index contributed by atoms with van der Waals surface area (Å²) in [5.74, 6) is 0. The first-order valence-electron chi connectivity index (χ1n) is 3.49. The summed E-state index contributed by atoms with van der Waals surface area (Å²) in [6.45, 7) is 3.97. The highest BCUT2D eigenvalue weighted by molar-refractivity contribution is 5.76. The van der Waals surface area contributed by atoms with E-state index in [1.165, 1.54) is 0 Å². The molecule has 10 heavy (non-hydrogen) atoms. The van der Waals surface area contributed by atoms with Crippen molar-refractivity contribution in [1.82, 2.24) is 10.2 Å². The number of urea groups is 1. The van der Waals surface area contributed by atoms with Gasteiger partial charge in [-0.3, -0.25) is 0 Å². The van der Waals surface area contributed by atoms with Crippen molar-refractivity contribution in [3.05, 3.63) is 0 Å². The van der Waals surface area contributed by atoms with Gasteiger partial charge in [-0.05, 0) is 6.92 Å². The summed E-state index contributed by atoms with van der Waals surface area (Å²) in [4.78, 5) is 12.7. The Morgan fingerprint density at radius 3 is 3.00 bits per heavy atom. The number of nitrogens with one attached hydrogen (secondary N) is 1. The van der Waals surface area contributed by atoms with Crippen LogP contribution in [-0.4, -0.2) is 36.6 Å². The minimum atomic E-state index is 0.0120. The van der Waals surface area contributed by atoms with Gasteiger partial charge in [0.25, 0.3) is 0 Å². The average Bonchev–Trinajstić information content (AvgIpc) is 2.13. The fourth-order valence-corrected chi connectivity index (χ4v) is 1.11. The number of nitrogens with two attached hydrogens (primary N) is 1. The molecule has 1 unspecified atom stereocenters. The molecule has 58 valence electrons. The maximum Gasteiger partial charge on any atom is 0.317 e. The lowest BCUT2D eigenvalue weighted by atomic mass is 10.4. The van der Waals surface area contributed by atoms with Gasteiger partial charge in [0.1, 0.15) is 0 Å². The third-order valence-electron chi connectivity index (χ3n) is 1.55. The van der Waals surface area contributed by atoms with E-state index in [4.69, 9.17) is 5.73 Å². The van der Waals surface area contributed by atoms with Gasteiger partial charge >= 0.3 is 6.03 Å². The highest BCUT2D eigenvalue weighted by Gasteiger charge is 2.23. The zero-order chi connectivity index (χ0) is 7.56. The molecule has 3 N–H and O–H groups in total. The third kappa shape index (κ3) is 1.39. The number of hydrogen-bond donors (Lipinski definition) is 2. The summed E-state index contributed by atoms with van der Waals surface area (Å²) < 4.78 is 0. The second-order valence-electron chi connectivity index (χ2n) is 2.59. The second-order valence-corrected chi connectivity index (χ2v) is 2.59. The molecule has 2 amide bonds. The molecule has 0 saturated carbocycles. The minimum Gasteiger partial charge on any atom is -0.334 e. The Bertz CT molecular complexity index is 137. The Morgan fingerprint density at radius 1 is 1.90 bits per heavy atom. The maximum absolute atomic E-state index is 10.9. The Morgan fingerprint density at radius 2 is 2.60 bits per heavy atom. The fourth-order valence-electron chi connectivity index (χ4n) is 1.11. The zero-order valence-corrected chi connectivity index (χ0v) is 6.13. The van der Waals surface area contributed by atoms with Crippen molar-refractivity contribution in [2.75, 3.05) is 19.6 Å². The molecule has 1 heterocycles. The van der Waals surface area contributed by atoms with Crippen LogP contribution in [0.1, 0.15) is 6.92 Å². The van der Waals surface area contributed by atoms with Crippen LogP contribution >= 0.6 is 0 Å². The number of hydrogen-bond acceptors (Lipinski definition) is 2. The predicted molar refractivity (Wildman–Crippen MR) is 38.6 cm³/mol.